The standard InChI is InChI=1S/C28H28ClN3O3/c1-19(27-30-25-18-22(29)11-14-24(25)28(34)31(27)2)32(16-15-20-7-5-4-6-8-20)26(33)17-21-9-12-23(35-3)13-10-21/h4-14,18-19H,15-17H2,1-3H3. The van der Waals surface area contributed by atoms with Crippen LogP contribution >= 0.6 is 11.6 Å². The average molecular weight is 490 g/mol. The third kappa shape index (κ3) is 5.54. The number of halogens is 1. The van der Waals surface area contributed by atoms with E-state index >= 15 is 0 Å². The first-order valence-electron chi connectivity index (χ1n) is 11.5. The van der Waals surface area contributed by atoms with Gasteiger partial charge < -0.3 is 9.64 Å². The molecule has 4 rings (SSSR count). The SMILES string of the molecule is COc1ccc(CC(=O)N(CCc2ccccc2)C(C)c2nc3cc(Cl)ccc3c(=O)n2C)cc1. The van der Waals surface area contributed by atoms with Gasteiger partial charge in [0.25, 0.3) is 5.56 Å². The second kappa shape index (κ2) is 10.7. The Morgan fingerprint density at radius 1 is 1.06 bits per heavy atom. The van der Waals surface area contributed by atoms with Crippen molar-refractivity contribution in [1.29, 1.82) is 0 Å². The number of fused-ring (bicyclic) bond motifs is 1. The summed E-state index contributed by atoms with van der Waals surface area (Å²) in [6, 6.07) is 22.1. The molecule has 35 heavy (non-hydrogen) atoms. The van der Waals surface area contributed by atoms with E-state index in [4.69, 9.17) is 21.3 Å². The summed E-state index contributed by atoms with van der Waals surface area (Å²) >= 11 is 6.16. The molecular weight excluding hydrogens is 462 g/mol. The quantitative estimate of drug-likeness (QED) is 0.350. The van der Waals surface area contributed by atoms with Crippen LogP contribution < -0.4 is 10.3 Å². The zero-order chi connectivity index (χ0) is 24.9. The Hall–Kier alpha value is -3.64. The lowest BCUT2D eigenvalue weighted by Crippen LogP contribution is -2.39. The van der Waals surface area contributed by atoms with Gasteiger partial charge in [-0.3, -0.25) is 14.2 Å². The van der Waals surface area contributed by atoms with Gasteiger partial charge in [0.2, 0.25) is 5.91 Å². The van der Waals surface area contributed by atoms with Crippen LogP contribution in [0.15, 0.2) is 77.6 Å². The summed E-state index contributed by atoms with van der Waals surface area (Å²) in [6.45, 7) is 2.40. The number of hydrogen-bond donors (Lipinski definition) is 0. The maximum atomic E-state index is 13.6. The summed E-state index contributed by atoms with van der Waals surface area (Å²) < 4.78 is 6.75. The third-order valence-corrected chi connectivity index (χ3v) is 6.47. The van der Waals surface area contributed by atoms with E-state index in [1.807, 2.05) is 61.5 Å². The van der Waals surface area contributed by atoms with Crippen molar-refractivity contribution in [2.75, 3.05) is 13.7 Å². The Labute approximate surface area is 209 Å². The molecule has 0 aliphatic rings. The molecule has 4 aromatic rings. The van der Waals surface area contributed by atoms with Crippen molar-refractivity contribution in [3.05, 3.63) is 105 Å². The monoisotopic (exact) mass is 489 g/mol. The van der Waals surface area contributed by atoms with Crippen molar-refractivity contribution in [1.82, 2.24) is 14.5 Å². The first-order valence-corrected chi connectivity index (χ1v) is 11.9. The van der Waals surface area contributed by atoms with Gasteiger partial charge >= 0.3 is 0 Å². The Bertz CT molecular complexity index is 1380. The minimum atomic E-state index is -0.425. The van der Waals surface area contributed by atoms with Gasteiger partial charge in [0, 0.05) is 18.6 Å². The fraction of sp³-hybridized carbons (Fsp3) is 0.250. The van der Waals surface area contributed by atoms with E-state index in [9.17, 15) is 9.59 Å². The second-order valence-corrected chi connectivity index (χ2v) is 8.96. The molecule has 6 nitrogen and oxygen atoms in total. The number of ether oxygens (including phenoxy) is 1. The Morgan fingerprint density at radius 2 is 1.77 bits per heavy atom. The summed E-state index contributed by atoms with van der Waals surface area (Å²) in [4.78, 5) is 33.2. The number of carbonyl (C=O) groups excluding carboxylic acids is 1. The van der Waals surface area contributed by atoms with Crippen LogP contribution in [0, 0.1) is 0 Å². The van der Waals surface area contributed by atoms with Crippen LogP contribution in [0.2, 0.25) is 5.02 Å². The molecule has 0 spiro atoms. The summed E-state index contributed by atoms with van der Waals surface area (Å²) in [6.07, 6.45) is 0.920. The smallest absolute Gasteiger partial charge is 0.261 e. The zero-order valence-electron chi connectivity index (χ0n) is 20.1. The summed E-state index contributed by atoms with van der Waals surface area (Å²) in [5.74, 6) is 1.21. The number of rotatable bonds is 8. The molecule has 0 N–H and O–H groups in total. The van der Waals surface area contributed by atoms with Crippen LogP contribution in [-0.4, -0.2) is 34.0 Å². The van der Waals surface area contributed by atoms with E-state index in [0.29, 0.717) is 34.7 Å². The lowest BCUT2D eigenvalue weighted by molar-refractivity contribution is -0.132. The van der Waals surface area contributed by atoms with Crippen LogP contribution in [0.25, 0.3) is 10.9 Å². The van der Waals surface area contributed by atoms with Crippen molar-refractivity contribution in [2.24, 2.45) is 7.05 Å². The summed E-state index contributed by atoms with van der Waals surface area (Å²) in [5.41, 5.74) is 2.38. The van der Waals surface area contributed by atoms with Crippen LogP contribution in [0.3, 0.4) is 0 Å². The third-order valence-electron chi connectivity index (χ3n) is 6.23. The van der Waals surface area contributed by atoms with Crippen LogP contribution in [0.4, 0.5) is 0 Å². The number of nitrogens with zero attached hydrogens (tertiary/aromatic N) is 3. The highest BCUT2D eigenvalue weighted by molar-refractivity contribution is 6.31. The molecule has 7 heteroatoms. The summed E-state index contributed by atoms with van der Waals surface area (Å²) in [5, 5.41) is 1.00. The van der Waals surface area contributed by atoms with Gasteiger partial charge in [-0.1, -0.05) is 54.1 Å². The Morgan fingerprint density at radius 3 is 2.46 bits per heavy atom. The first-order chi connectivity index (χ1) is 16.9. The molecule has 0 fully saturated rings. The molecule has 0 radical (unpaired) electrons. The predicted octanol–water partition coefficient (Wildman–Crippen LogP) is 4.97. The second-order valence-electron chi connectivity index (χ2n) is 8.52. The molecule has 180 valence electrons. The van der Waals surface area contributed by atoms with Crippen LogP contribution in [-0.2, 0) is 24.7 Å². The highest BCUT2D eigenvalue weighted by Crippen LogP contribution is 2.23. The van der Waals surface area contributed by atoms with Gasteiger partial charge in [-0.2, -0.15) is 0 Å². The molecule has 0 saturated heterocycles. The van der Waals surface area contributed by atoms with Crippen LogP contribution in [0.1, 0.15) is 29.9 Å². The molecule has 0 saturated carbocycles. The molecule has 0 aliphatic carbocycles. The molecular formula is C28H28ClN3O3. The van der Waals surface area contributed by atoms with Gasteiger partial charge in [-0.15, -0.1) is 0 Å². The highest BCUT2D eigenvalue weighted by atomic mass is 35.5. The lowest BCUT2D eigenvalue weighted by atomic mass is 10.1. The Kier molecular flexibility index (Phi) is 7.51. The van der Waals surface area contributed by atoms with E-state index in [2.05, 4.69) is 0 Å². The molecule has 1 aromatic heterocycles. The molecule has 0 aliphatic heterocycles. The maximum Gasteiger partial charge on any atom is 0.261 e. The fourth-order valence-electron chi connectivity index (χ4n) is 4.22. The number of aromatic nitrogens is 2. The molecule has 3 aromatic carbocycles. The molecule has 1 amide bonds. The van der Waals surface area contributed by atoms with E-state index in [-0.39, 0.29) is 17.9 Å². The number of benzene rings is 3. The topological polar surface area (TPSA) is 64.4 Å². The number of amides is 1. The maximum absolute atomic E-state index is 13.6. The van der Waals surface area contributed by atoms with Crippen molar-refractivity contribution in [3.8, 4) is 5.75 Å². The molecule has 1 unspecified atom stereocenters. The largest absolute Gasteiger partial charge is 0.497 e. The first kappa shape index (κ1) is 24.5. The average Bonchev–Trinajstić information content (AvgIpc) is 2.87. The van der Waals surface area contributed by atoms with Gasteiger partial charge in [0.05, 0.1) is 30.5 Å². The molecule has 1 heterocycles. The van der Waals surface area contributed by atoms with E-state index in [0.717, 1.165) is 16.9 Å². The van der Waals surface area contributed by atoms with E-state index in [1.165, 1.54) is 4.57 Å². The Balaban J connectivity index is 1.68. The van der Waals surface area contributed by atoms with Crippen molar-refractivity contribution < 1.29 is 9.53 Å². The van der Waals surface area contributed by atoms with E-state index in [1.54, 1.807) is 37.3 Å². The zero-order valence-corrected chi connectivity index (χ0v) is 20.8. The lowest BCUT2D eigenvalue weighted by Gasteiger charge is -2.30. The number of methoxy groups -OCH3 is 1. The normalized spacial score (nSPS) is 11.9. The minimum Gasteiger partial charge on any atom is -0.497 e. The van der Waals surface area contributed by atoms with Crippen molar-refractivity contribution in [2.45, 2.75) is 25.8 Å². The van der Waals surface area contributed by atoms with E-state index < -0.39 is 6.04 Å². The number of carbonyl (C=O) groups is 1. The van der Waals surface area contributed by atoms with Gasteiger partial charge in [0.1, 0.15) is 11.6 Å². The highest BCUT2D eigenvalue weighted by Gasteiger charge is 2.25. The number of hydrogen-bond acceptors (Lipinski definition) is 4. The van der Waals surface area contributed by atoms with Crippen LogP contribution in [0.5, 0.6) is 5.75 Å². The van der Waals surface area contributed by atoms with Gasteiger partial charge in [-0.25, -0.2) is 4.98 Å². The molecule has 0 bridgehead atoms. The van der Waals surface area contributed by atoms with Crippen molar-refractivity contribution >= 4 is 28.4 Å². The van der Waals surface area contributed by atoms with Gasteiger partial charge in [-0.05, 0) is 54.8 Å². The van der Waals surface area contributed by atoms with Gasteiger partial charge in [0.15, 0.2) is 0 Å². The fourth-order valence-corrected chi connectivity index (χ4v) is 4.39. The minimum absolute atomic E-state index is 0.0426. The predicted molar refractivity (Wildman–Crippen MR) is 139 cm³/mol. The molecule has 1 atom stereocenters. The van der Waals surface area contributed by atoms with Crippen molar-refractivity contribution in [3.63, 3.8) is 0 Å². The summed E-state index contributed by atoms with van der Waals surface area (Å²) in [7, 11) is 3.31.